The van der Waals surface area contributed by atoms with Gasteiger partial charge in [-0.25, -0.2) is 0 Å². The normalized spacial score (nSPS) is 21.8. The van der Waals surface area contributed by atoms with E-state index < -0.39 is 5.54 Å². The first-order valence-electron chi connectivity index (χ1n) is 10.3. The van der Waals surface area contributed by atoms with Crippen molar-refractivity contribution in [1.82, 2.24) is 5.32 Å². The van der Waals surface area contributed by atoms with E-state index in [2.05, 4.69) is 5.32 Å². The van der Waals surface area contributed by atoms with E-state index in [1.165, 1.54) is 0 Å². The summed E-state index contributed by atoms with van der Waals surface area (Å²) in [6.45, 7) is 7.71. The summed E-state index contributed by atoms with van der Waals surface area (Å²) in [6.07, 6.45) is 1.34. The Kier molecular flexibility index (Phi) is 8.30. The van der Waals surface area contributed by atoms with E-state index in [0.29, 0.717) is 26.2 Å². The molecule has 1 aliphatic carbocycles. The minimum absolute atomic E-state index is 0. The molecule has 3 rings (SSSR count). The average molecular weight is 433 g/mol. The second-order valence-electron chi connectivity index (χ2n) is 8.27. The fourth-order valence-corrected chi connectivity index (χ4v) is 3.79. The van der Waals surface area contributed by atoms with Gasteiger partial charge in [0.15, 0.2) is 0 Å². The van der Waals surface area contributed by atoms with Gasteiger partial charge in [0, 0.05) is 25.0 Å². The molecule has 1 fully saturated rings. The zero-order valence-electron chi connectivity index (χ0n) is 18.0. The maximum absolute atomic E-state index is 12.7. The molecule has 30 heavy (non-hydrogen) atoms. The predicted octanol–water partition coefficient (Wildman–Crippen LogP) is 3.88. The van der Waals surface area contributed by atoms with Gasteiger partial charge < -0.3 is 20.5 Å². The van der Waals surface area contributed by atoms with Crippen LogP contribution in [-0.4, -0.2) is 30.7 Å². The molecule has 6 heteroatoms. The Morgan fingerprint density at radius 3 is 2.37 bits per heavy atom. The smallest absolute Gasteiger partial charge is 0.240 e. The van der Waals surface area contributed by atoms with Gasteiger partial charge >= 0.3 is 0 Å². The van der Waals surface area contributed by atoms with Crippen LogP contribution in [-0.2, 0) is 22.6 Å². The predicted molar refractivity (Wildman–Crippen MR) is 122 cm³/mol. The fraction of sp³-hybridized carbons (Fsp3) is 0.458. The van der Waals surface area contributed by atoms with Crippen molar-refractivity contribution in [3.8, 4) is 5.75 Å². The highest BCUT2D eigenvalue weighted by molar-refractivity contribution is 5.88. The van der Waals surface area contributed by atoms with Crippen LogP contribution >= 0.6 is 12.4 Å². The van der Waals surface area contributed by atoms with Crippen LogP contribution in [0, 0.1) is 5.41 Å². The molecule has 2 atom stereocenters. The number of halogens is 1. The summed E-state index contributed by atoms with van der Waals surface area (Å²) in [4.78, 5) is 12.7. The van der Waals surface area contributed by atoms with E-state index in [9.17, 15) is 4.79 Å². The van der Waals surface area contributed by atoms with Gasteiger partial charge in [0.05, 0.1) is 6.10 Å². The van der Waals surface area contributed by atoms with Crippen molar-refractivity contribution in [3.63, 3.8) is 0 Å². The van der Waals surface area contributed by atoms with Gasteiger partial charge in [0.25, 0.3) is 0 Å². The number of nitrogens with one attached hydrogen (secondary N) is 1. The third kappa shape index (κ3) is 5.15. The van der Waals surface area contributed by atoms with Crippen molar-refractivity contribution in [1.29, 1.82) is 0 Å². The third-order valence-corrected chi connectivity index (χ3v) is 6.11. The van der Waals surface area contributed by atoms with E-state index in [1.807, 2.05) is 75.4 Å². The Balaban J connectivity index is 0.00000320. The Morgan fingerprint density at radius 2 is 1.77 bits per heavy atom. The Hall–Kier alpha value is -2.08. The number of nitrogens with two attached hydrogens (primary N) is 1. The first-order chi connectivity index (χ1) is 13.9. The number of carbonyl (C=O) groups is 1. The largest absolute Gasteiger partial charge is 0.489 e. The number of benzene rings is 2. The number of carbonyl (C=O) groups excluding carboxylic acids is 1. The second kappa shape index (κ2) is 10.3. The molecule has 1 aliphatic rings. The van der Waals surface area contributed by atoms with E-state index >= 15 is 0 Å². The Labute approximate surface area is 185 Å². The minimum Gasteiger partial charge on any atom is -0.489 e. The van der Waals surface area contributed by atoms with Gasteiger partial charge in [0.2, 0.25) is 5.91 Å². The van der Waals surface area contributed by atoms with Gasteiger partial charge in [-0.2, -0.15) is 0 Å². The highest BCUT2D eigenvalue weighted by Crippen LogP contribution is 2.49. The van der Waals surface area contributed by atoms with Crippen molar-refractivity contribution < 1.29 is 14.3 Å². The second-order valence-corrected chi connectivity index (χ2v) is 8.27. The van der Waals surface area contributed by atoms with Gasteiger partial charge in [-0.15, -0.1) is 12.4 Å². The molecule has 0 radical (unpaired) electrons. The van der Waals surface area contributed by atoms with Crippen LogP contribution in [0.15, 0.2) is 54.6 Å². The lowest BCUT2D eigenvalue weighted by Gasteiger charge is -2.57. The van der Waals surface area contributed by atoms with Crippen molar-refractivity contribution >= 4 is 18.3 Å². The van der Waals surface area contributed by atoms with E-state index in [1.54, 1.807) is 0 Å². The average Bonchev–Trinajstić information content (AvgIpc) is 2.73. The summed E-state index contributed by atoms with van der Waals surface area (Å²) < 4.78 is 11.5. The summed E-state index contributed by atoms with van der Waals surface area (Å²) in [5.74, 6) is 0.738. The van der Waals surface area contributed by atoms with E-state index in [-0.39, 0.29) is 29.8 Å². The summed E-state index contributed by atoms with van der Waals surface area (Å²) in [5, 5.41) is 3.00. The van der Waals surface area contributed by atoms with Crippen LogP contribution in [0.1, 0.15) is 38.3 Å². The van der Waals surface area contributed by atoms with Crippen molar-refractivity contribution in [2.24, 2.45) is 11.1 Å². The van der Waals surface area contributed by atoms with E-state index in [0.717, 1.165) is 23.3 Å². The molecular formula is C24H33ClN2O3. The zero-order valence-corrected chi connectivity index (χ0v) is 18.8. The quantitative estimate of drug-likeness (QED) is 0.630. The molecule has 1 amide bonds. The van der Waals surface area contributed by atoms with Gasteiger partial charge in [-0.1, -0.05) is 56.3 Å². The maximum Gasteiger partial charge on any atom is 0.240 e. The van der Waals surface area contributed by atoms with Crippen LogP contribution in [0.5, 0.6) is 5.75 Å². The Bertz CT molecular complexity index is 811. The number of hydrogen-bond donors (Lipinski definition) is 2. The van der Waals surface area contributed by atoms with Gasteiger partial charge in [0.1, 0.15) is 17.9 Å². The number of amides is 1. The molecule has 1 saturated carbocycles. The molecule has 5 nitrogen and oxygen atoms in total. The summed E-state index contributed by atoms with van der Waals surface area (Å²) in [7, 11) is 0. The zero-order chi connectivity index (χ0) is 20.9. The van der Waals surface area contributed by atoms with Crippen molar-refractivity contribution in [2.75, 3.05) is 13.2 Å². The Morgan fingerprint density at radius 1 is 1.10 bits per heavy atom. The molecule has 0 aromatic heterocycles. The minimum atomic E-state index is -0.873. The molecule has 0 bridgehead atoms. The maximum atomic E-state index is 12.7. The topological polar surface area (TPSA) is 73.6 Å². The first kappa shape index (κ1) is 24.2. The van der Waals surface area contributed by atoms with Crippen LogP contribution in [0.25, 0.3) is 0 Å². The third-order valence-electron chi connectivity index (χ3n) is 6.11. The standard InChI is InChI=1S/C24H32N2O3.ClH/c1-4-28-21-16-24(25,23(21,2)3)22(27)26-15-14-18-10-12-20(13-11-18)29-17-19-8-6-5-7-9-19;/h5-13,21H,4,14-17,25H2,1-3H3,(H,26,27);1H. The molecule has 3 N–H and O–H groups in total. The van der Waals surface area contributed by atoms with Crippen LogP contribution in [0.4, 0.5) is 0 Å². The molecular weight excluding hydrogens is 400 g/mol. The van der Waals surface area contributed by atoms with Crippen LogP contribution in [0.3, 0.4) is 0 Å². The lowest BCUT2D eigenvalue weighted by Crippen LogP contribution is -2.75. The molecule has 0 aliphatic heterocycles. The molecule has 0 saturated heterocycles. The number of rotatable bonds is 9. The summed E-state index contributed by atoms with van der Waals surface area (Å²) in [5.41, 5.74) is 7.46. The van der Waals surface area contributed by atoms with Gasteiger partial charge in [-0.3, -0.25) is 4.79 Å². The molecule has 0 spiro atoms. The molecule has 0 heterocycles. The lowest BCUT2D eigenvalue weighted by molar-refractivity contribution is -0.170. The van der Waals surface area contributed by atoms with Crippen molar-refractivity contribution in [3.05, 3.63) is 65.7 Å². The van der Waals surface area contributed by atoms with Crippen molar-refractivity contribution in [2.45, 2.75) is 51.9 Å². The van der Waals surface area contributed by atoms with Crippen LogP contribution in [0.2, 0.25) is 0 Å². The molecule has 2 aromatic carbocycles. The highest BCUT2D eigenvalue weighted by atomic mass is 35.5. The van der Waals surface area contributed by atoms with Crippen LogP contribution < -0.4 is 15.8 Å². The first-order valence-corrected chi connectivity index (χ1v) is 10.3. The number of hydrogen-bond acceptors (Lipinski definition) is 4. The number of ether oxygens (including phenoxy) is 2. The SMILES string of the molecule is CCOC1CC(N)(C(=O)NCCc2ccc(OCc3ccccc3)cc2)C1(C)C.Cl. The van der Waals surface area contributed by atoms with Gasteiger partial charge in [-0.05, 0) is 36.6 Å². The summed E-state index contributed by atoms with van der Waals surface area (Å²) >= 11 is 0. The highest BCUT2D eigenvalue weighted by Gasteiger charge is 2.62. The molecule has 164 valence electrons. The molecule has 2 aromatic rings. The summed E-state index contributed by atoms with van der Waals surface area (Å²) in [6, 6.07) is 18.1. The molecule has 2 unspecified atom stereocenters. The lowest BCUT2D eigenvalue weighted by atomic mass is 9.54. The monoisotopic (exact) mass is 432 g/mol. The van der Waals surface area contributed by atoms with E-state index in [4.69, 9.17) is 15.2 Å². The fourth-order valence-electron chi connectivity index (χ4n) is 3.79.